The minimum absolute atomic E-state index is 0.0377. The van der Waals surface area contributed by atoms with Gasteiger partial charge in [0, 0.05) is 24.2 Å². The molecule has 1 aromatic rings. The van der Waals surface area contributed by atoms with E-state index in [0.29, 0.717) is 30.8 Å². The number of carbonyl (C=O) groups excluding carboxylic acids is 2. The van der Waals surface area contributed by atoms with Crippen LogP contribution in [-0.2, 0) is 4.79 Å². The van der Waals surface area contributed by atoms with Crippen molar-refractivity contribution in [2.24, 2.45) is 17.5 Å². The largest absolute Gasteiger partial charge is 0.330 e. The van der Waals surface area contributed by atoms with Crippen molar-refractivity contribution < 1.29 is 9.59 Å². The van der Waals surface area contributed by atoms with Gasteiger partial charge in [-0.15, -0.1) is 0 Å². The molecule has 6 nitrogen and oxygen atoms in total. The first-order valence-electron chi connectivity index (χ1n) is 5.77. The lowest BCUT2D eigenvalue weighted by atomic mass is 10.1. The Morgan fingerprint density at radius 2 is 2.28 bits per heavy atom. The maximum atomic E-state index is 11.8. The highest BCUT2D eigenvalue weighted by atomic mass is 16.2. The lowest BCUT2D eigenvalue weighted by molar-refractivity contribution is -0.117. The van der Waals surface area contributed by atoms with Crippen molar-refractivity contribution in [2.75, 3.05) is 18.0 Å². The standard InChI is InChI=1S/C12H16N4O2/c13-6-8-4-11(17)16(7-8)10-3-1-2-9(5-10)12(18)15-14/h1-3,5,8H,4,6-7,13-14H2,(H,15,18). The third-order valence-corrected chi connectivity index (χ3v) is 3.09. The van der Waals surface area contributed by atoms with Crippen LogP contribution in [0.1, 0.15) is 16.8 Å². The molecule has 0 radical (unpaired) electrons. The van der Waals surface area contributed by atoms with Crippen molar-refractivity contribution in [1.29, 1.82) is 0 Å². The van der Waals surface area contributed by atoms with E-state index in [9.17, 15) is 9.59 Å². The van der Waals surface area contributed by atoms with Crippen molar-refractivity contribution in [3.8, 4) is 0 Å². The summed E-state index contributed by atoms with van der Waals surface area (Å²) in [6.07, 6.45) is 0.462. The molecule has 1 aliphatic heterocycles. The molecular formula is C12H16N4O2. The summed E-state index contributed by atoms with van der Waals surface area (Å²) in [4.78, 5) is 24.9. The van der Waals surface area contributed by atoms with Crippen LogP contribution in [0.4, 0.5) is 5.69 Å². The van der Waals surface area contributed by atoms with E-state index < -0.39 is 0 Å². The Bertz CT molecular complexity index is 475. The molecule has 1 saturated heterocycles. The highest BCUT2D eigenvalue weighted by Gasteiger charge is 2.29. The van der Waals surface area contributed by atoms with E-state index in [2.05, 4.69) is 5.43 Å². The first-order chi connectivity index (χ1) is 8.65. The first-order valence-corrected chi connectivity index (χ1v) is 5.77. The van der Waals surface area contributed by atoms with Crippen LogP contribution in [0.25, 0.3) is 0 Å². The second-order valence-electron chi connectivity index (χ2n) is 4.33. The zero-order valence-corrected chi connectivity index (χ0v) is 9.93. The Hall–Kier alpha value is -1.92. The number of nitrogens with one attached hydrogen (secondary N) is 1. The predicted octanol–water partition coefficient (Wildman–Crippen LogP) is -0.398. The average molecular weight is 248 g/mol. The van der Waals surface area contributed by atoms with Gasteiger partial charge in [0.25, 0.3) is 5.91 Å². The van der Waals surface area contributed by atoms with E-state index in [1.165, 1.54) is 0 Å². The molecule has 0 aromatic heterocycles. The lowest BCUT2D eigenvalue weighted by Crippen LogP contribution is -2.30. The number of hydrogen-bond donors (Lipinski definition) is 3. The molecule has 1 heterocycles. The van der Waals surface area contributed by atoms with Crippen molar-refractivity contribution in [3.05, 3.63) is 29.8 Å². The number of hydrazine groups is 1. The monoisotopic (exact) mass is 248 g/mol. The Labute approximate surface area is 105 Å². The van der Waals surface area contributed by atoms with Crippen LogP contribution in [0.3, 0.4) is 0 Å². The van der Waals surface area contributed by atoms with Gasteiger partial charge < -0.3 is 10.6 Å². The molecule has 0 bridgehead atoms. The Balaban J connectivity index is 2.24. The second-order valence-corrected chi connectivity index (χ2v) is 4.33. The lowest BCUT2D eigenvalue weighted by Gasteiger charge is -2.17. The highest BCUT2D eigenvalue weighted by molar-refractivity contribution is 5.99. The molecule has 5 N–H and O–H groups in total. The third kappa shape index (κ3) is 2.34. The maximum Gasteiger partial charge on any atom is 0.265 e. The molecule has 0 saturated carbocycles. The van der Waals surface area contributed by atoms with E-state index in [1.807, 2.05) is 0 Å². The number of nitrogen functional groups attached to an aromatic ring is 1. The van der Waals surface area contributed by atoms with Crippen LogP contribution in [-0.4, -0.2) is 24.9 Å². The number of carbonyl (C=O) groups is 2. The van der Waals surface area contributed by atoms with Crippen molar-refractivity contribution in [3.63, 3.8) is 0 Å². The summed E-state index contributed by atoms with van der Waals surface area (Å²) in [5.41, 5.74) is 8.78. The van der Waals surface area contributed by atoms with Gasteiger partial charge in [-0.2, -0.15) is 0 Å². The van der Waals surface area contributed by atoms with Crippen LogP contribution in [0.2, 0.25) is 0 Å². The van der Waals surface area contributed by atoms with Gasteiger partial charge in [-0.1, -0.05) is 6.07 Å². The smallest absolute Gasteiger partial charge is 0.265 e. The quantitative estimate of drug-likeness (QED) is 0.385. The predicted molar refractivity (Wildman–Crippen MR) is 67.6 cm³/mol. The second kappa shape index (κ2) is 5.16. The van der Waals surface area contributed by atoms with Gasteiger partial charge in [0.1, 0.15) is 0 Å². The van der Waals surface area contributed by atoms with Crippen LogP contribution in [0.5, 0.6) is 0 Å². The molecule has 0 spiro atoms. The summed E-state index contributed by atoms with van der Waals surface area (Å²) >= 11 is 0. The van der Waals surface area contributed by atoms with Crippen molar-refractivity contribution >= 4 is 17.5 Å². The third-order valence-electron chi connectivity index (χ3n) is 3.09. The van der Waals surface area contributed by atoms with Crippen LogP contribution in [0.15, 0.2) is 24.3 Å². The molecule has 1 unspecified atom stereocenters. The number of nitrogens with two attached hydrogens (primary N) is 2. The van der Waals surface area contributed by atoms with Gasteiger partial charge in [0.2, 0.25) is 5.91 Å². The molecule has 1 aromatic carbocycles. The minimum atomic E-state index is -0.376. The Morgan fingerprint density at radius 1 is 1.50 bits per heavy atom. The fourth-order valence-electron chi connectivity index (χ4n) is 2.09. The first kappa shape index (κ1) is 12.5. The van der Waals surface area contributed by atoms with Crippen LogP contribution in [0, 0.1) is 5.92 Å². The van der Waals surface area contributed by atoms with Crippen molar-refractivity contribution in [2.45, 2.75) is 6.42 Å². The summed E-state index contributed by atoms with van der Waals surface area (Å²) in [6.45, 7) is 1.09. The molecule has 2 rings (SSSR count). The van der Waals surface area contributed by atoms with Crippen LogP contribution >= 0.6 is 0 Å². The number of nitrogens with zero attached hydrogens (tertiary/aromatic N) is 1. The number of anilines is 1. The molecule has 1 fully saturated rings. The van der Waals surface area contributed by atoms with Gasteiger partial charge in [-0.3, -0.25) is 15.0 Å². The number of rotatable bonds is 3. The maximum absolute atomic E-state index is 11.8. The van der Waals surface area contributed by atoms with E-state index in [-0.39, 0.29) is 17.7 Å². The Morgan fingerprint density at radius 3 is 2.89 bits per heavy atom. The molecule has 1 atom stereocenters. The normalized spacial score (nSPS) is 19.1. The van der Waals surface area contributed by atoms with Crippen molar-refractivity contribution in [1.82, 2.24) is 5.43 Å². The van der Waals surface area contributed by atoms with E-state index in [4.69, 9.17) is 11.6 Å². The van der Waals surface area contributed by atoms with E-state index in [1.54, 1.807) is 29.2 Å². The minimum Gasteiger partial charge on any atom is -0.330 e. The van der Waals surface area contributed by atoms with Gasteiger partial charge in [-0.25, -0.2) is 5.84 Å². The molecular weight excluding hydrogens is 232 g/mol. The summed E-state index contributed by atoms with van der Waals surface area (Å²) in [7, 11) is 0. The molecule has 6 heteroatoms. The molecule has 2 amide bonds. The van der Waals surface area contributed by atoms with Gasteiger partial charge in [-0.05, 0) is 30.7 Å². The SMILES string of the molecule is NCC1CC(=O)N(c2cccc(C(=O)NN)c2)C1. The fourth-order valence-corrected chi connectivity index (χ4v) is 2.09. The zero-order chi connectivity index (χ0) is 13.1. The van der Waals surface area contributed by atoms with E-state index in [0.717, 1.165) is 0 Å². The van der Waals surface area contributed by atoms with Gasteiger partial charge in [0.15, 0.2) is 0 Å². The topological polar surface area (TPSA) is 101 Å². The zero-order valence-electron chi connectivity index (χ0n) is 9.93. The summed E-state index contributed by atoms with van der Waals surface area (Å²) < 4.78 is 0. The van der Waals surface area contributed by atoms with Crippen LogP contribution < -0.4 is 21.9 Å². The molecule has 0 aliphatic carbocycles. The molecule has 1 aliphatic rings. The number of benzene rings is 1. The summed E-state index contributed by atoms with van der Waals surface area (Å²) in [5.74, 6) is 4.93. The number of hydrogen-bond acceptors (Lipinski definition) is 4. The summed E-state index contributed by atoms with van der Waals surface area (Å²) in [6, 6.07) is 6.82. The Kier molecular flexibility index (Phi) is 3.59. The highest BCUT2D eigenvalue weighted by Crippen LogP contribution is 2.25. The summed E-state index contributed by atoms with van der Waals surface area (Å²) in [5, 5.41) is 0. The van der Waals surface area contributed by atoms with Gasteiger partial charge >= 0.3 is 0 Å². The van der Waals surface area contributed by atoms with Gasteiger partial charge in [0.05, 0.1) is 0 Å². The molecule has 96 valence electrons. The average Bonchev–Trinajstić information content (AvgIpc) is 2.79. The number of amides is 2. The van der Waals surface area contributed by atoms with E-state index >= 15 is 0 Å². The molecule has 18 heavy (non-hydrogen) atoms. The fraction of sp³-hybridized carbons (Fsp3) is 0.333.